The maximum atomic E-state index is 14.0. The van der Waals surface area contributed by atoms with Crippen molar-refractivity contribution >= 4 is 17.7 Å². The van der Waals surface area contributed by atoms with Crippen molar-refractivity contribution in [1.82, 2.24) is 15.1 Å². The zero-order valence-electron chi connectivity index (χ0n) is 24.4. The van der Waals surface area contributed by atoms with Gasteiger partial charge >= 0.3 is 0 Å². The molecule has 0 spiro atoms. The van der Waals surface area contributed by atoms with Crippen LogP contribution in [0.15, 0.2) is 78.9 Å². The molecule has 218 valence electrons. The molecule has 0 fully saturated rings. The van der Waals surface area contributed by atoms with Crippen LogP contribution in [0, 0.1) is 0 Å². The molecule has 0 aliphatic heterocycles. The Balaban J connectivity index is 1.88. The van der Waals surface area contributed by atoms with Gasteiger partial charge in [0.2, 0.25) is 11.8 Å². The predicted octanol–water partition coefficient (Wildman–Crippen LogP) is 3.19. The summed E-state index contributed by atoms with van der Waals surface area (Å²) >= 11 is 0. The van der Waals surface area contributed by atoms with Gasteiger partial charge in [-0.25, -0.2) is 0 Å². The third-order valence-corrected chi connectivity index (χ3v) is 7.07. The minimum absolute atomic E-state index is 0.0592. The van der Waals surface area contributed by atoms with Crippen LogP contribution in [0.1, 0.15) is 40.0 Å². The molecule has 9 heteroatoms. The van der Waals surface area contributed by atoms with Crippen LogP contribution in [0.5, 0.6) is 5.75 Å². The summed E-state index contributed by atoms with van der Waals surface area (Å²) in [7, 11) is 6.26. The first kappa shape index (κ1) is 31.3. The van der Waals surface area contributed by atoms with Crippen LogP contribution in [0.3, 0.4) is 0 Å². The van der Waals surface area contributed by atoms with Gasteiger partial charge < -0.3 is 30.3 Å². The molecule has 3 amide bonds. The van der Waals surface area contributed by atoms with Gasteiger partial charge in [0.05, 0.1) is 20.3 Å². The highest BCUT2D eigenvalue weighted by Crippen LogP contribution is 2.18. The van der Waals surface area contributed by atoms with Crippen molar-refractivity contribution in [3.63, 3.8) is 0 Å². The Bertz CT molecular complexity index is 1300. The highest BCUT2D eigenvalue weighted by atomic mass is 16.5. The summed E-state index contributed by atoms with van der Waals surface area (Å²) in [5.74, 6) is -0.397. The number of carbonyl (C=O) groups is 3. The number of nitrogens with two attached hydrogens (primary N) is 1. The topological polar surface area (TPSA) is 114 Å². The molecular formula is C32H40N4O5. The van der Waals surface area contributed by atoms with E-state index in [1.54, 1.807) is 51.5 Å². The van der Waals surface area contributed by atoms with Gasteiger partial charge in [-0.3, -0.25) is 14.4 Å². The number of hydrogen-bond acceptors (Lipinski definition) is 6. The maximum Gasteiger partial charge on any atom is 0.254 e. The molecular weight excluding hydrogens is 520 g/mol. The molecule has 41 heavy (non-hydrogen) atoms. The number of methoxy groups -OCH3 is 1. The Morgan fingerprint density at radius 3 is 2.17 bits per heavy atom. The zero-order chi connectivity index (χ0) is 29.9. The van der Waals surface area contributed by atoms with Gasteiger partial charge in [0, 0.05) is 39.2 Å². The highest BCUT2D eigenvalue weighted by Gasteiger charge is 2.35. The first-order valence-corrected chi connectivity index (χ1v) is 13.5. The fourth-order valence-corrected chi connectivity index (χ4v) is 4.46. The molecule has 3 N–H and O–H groups in total. The lowest BCUT2D eigenvalue weighted by atomic mass is 10.0. The molecule has 9 nitrogen and oxygen atoms in total. The molecule has 3 unspecified atom stereocenters. The van der Waals surface area contributed by atoms with Gasteiger partial charge in [-0.05, 0) is 47.9 Å². The Morgan fingerprint density at radius 2 is 1.56 bits per heavy atom. The van der Waals surface area contributed by atoms with E-state index in [2.05, 4.69) is 5.32 Å². The van der Waals surface area contributed by atoms with Crippen molar-refractivity contribution in [2.75, 3.05) is 34.9 Å². The maximum absolute atomic E-state index is 14.0. The number of rotatable bonds is 13. The summed E-state index contributed by atoms with van der Waals surface area (Å²) < 4.78 is 11.2. The van der Waals surface area contributed by atoms with Crippen molar-refractivity contribution in [3.05, 3.63) is 101 Å². The van der Waals surface area contributed by atoms with Crippen molar-refractivity contribution in [3.8, 4) is 5.75 Å². The van der Waals surface area contributed by atoms with Crippen LogP contribution < -0.4 is 15.8 Å². The Morgan fingerprint density at radius 1 is 0.878 bits per heavy atom. The standard InChI is InChI=1S/C32H40N4O5/c1-22(33)25-12-9-13-26(19-25)31(38)36(4)29(21-41-20-24-10-7-6-8-11-24)32(39)35(3)28(30(37)34-2)18-23-14-16-27(40-5)17-15-23/h6-17,19,22,28-29H,18,20-21,33H2,1-5H3,(H,34,37). The molecule has 0 heterocycles. The number of carbonyl (C=O) groups excluding carboxylic acids is 3. The fourth-order valence-electron chi connectivity index (χ4n) is 4.46. The van der Waals surface area contributed by atoms with E-state index in [0.717, 1.165) is 16.7 Å². The quantitative estimate of drug-likeness (QED) is 0.332. The predicted molar refractivity (Wildman–Crippen MR) is 158 cm³/mol. The van der Waals surface area contributed by atoms with E-state index < -0.39 is 18.0 Å². The van der Waals surface area contributed by atoms with E-state index in [0.29, 0.717) is 11.3 Å². The lowest BCUT2D eigenvalue weighted by Crippen LogP contribution is -2.56. The smallest absolute Gasteiger partial charge is 0.254 e. The Kier molecular flexibility index (Phi) is 11.4. The first-order valence-electron chi connectivity index (χ1n) is 13.5. The van der Waals surface area contributed by atoms with Gasteiger partial charge in [0.25, 0.3) is 5.91 Å². The van der Waals surface area contributed by atoms with Crippen molar-refractivity contribution in [2.45, 2.75) is 38.1 Å². The normalized spacial score (nSPS) is 13.0. The third kappa shape index (κ3) is 8.39. The van der Waals surface area contributed by atoms with E-state index in [1.165, 1.54) is 16.8 Å². The van der Waals surface area contributed by atoms with Crippen molar-refractivity contribution < 1.29 is 23.9 Å². The zero-order valence-corrected chi connectivity index (χ0v) is 24.4. The van der Waals surface area contributed by atoms with Gasteiger partial charge in [0.15, 0.2) is 0 Å². The number of hydrogen-bond donors (Lipinski definition) is 2. The minimum atomic E-state index is -0.988. The second kappa shape index (κ2) is 15.0. The molecule has 3 aromatic carbocycles. The Labute approximate surface area is 242 Å². The number of amides is 3. The lowest BCUT2D eigenvalue weighted by molar-refractivity contribution is -0.143. The molecule has 3 atom stereocenters. The molecule has 0 bridgehead atoms. The molecule has 0 radical (unpaired) electrons. The molecule has 0 aliphatic carbocycles. The number of benzene rings is 3. The van der Waals surface area contributed by atoms with Crippen molar-refractivity contribution in [1.29, 1.82) is 0 Å². The lowest BCUT2D eigenvalue weighted by Gasteiger charge is -2.34. The van der Waals surface area contributed by atoms with E-state index in [4.69, 9.17) is 15.2 Å². The number of nitrogens with zero attached hydrogens (tertiary/aromatic N) is 2. The van der Waals surface area contributed by atoms with E-state index in [9.17, 15) is 14.4 Å². The minimum Gasteiger partial charge on any atom is -0.497 e. The van der Waals surface area contributed by atoms with Gasteiger partial charge in [-0.15, -0.1) is 0 Å². The first-order chi connectivity index (χ1) is 19.7. The summed E-state index contributed by atoms with van der Waals surface area (Å²) in [5, 5.41) is 2.66. The van der Waals surface area contributed by atoms with Crippen LogP contribution in [-0.2, 0) is 27.4 Å². The summed E-state index contributed by atoms with van der Waals surface area (Å²) in [6.07, 6.45) is 0.275. The molecule has 0 aliphatic rings. The molecule has 0 saturated carbocycles. The largest absolute Gasteiger partial charge is 0.497 e. The van der Waals surface area contributed by atoms with Crippen molar-refractivity contribution in [2.24, 2.45) is 5.73 Å². The SMILES string of the molecule is CNC(=O)C(Cc1ccc(OC)cc1)N(C)C(=O)C(COCc1ccccc1)N(C)C(=O)c1cccc(C(C)N)c1. The van der Waals surface area contributed by atoms with Crippen LogP contribution in [0.4, 0.5) is 0 Å². The van der Waals surface area contributed by atoms with E-state index in [1.807, 2.05) is 55.5 Å². The van der Waals surface area contributed by atoms with Gasteiger partial charge in [-0.1, -0.05) is 54.6 Å². The van der Waals surface area contributed by atoms with E-state index >= 15 is 0 Å². The Hall–Kier alpha value is -4.21. The highest BCUT2D eigenvalue weighted by molar-refractivity contribution is 5.98. The summed E-state index contributed by atoms with van der Waals surface area (Å²) in [6.45, 7) is 2.05. The number of nitrogens with one attached hydrogen (secondary N) is 1. The third-order valence-electron chi connectivity index (χ3n) is 7.07. The second-order valence-electron chi connectivity index (χ2n) is 9.98. The summed E-state index contributed by atoms with van der Waals surface area (Å²) in [4.78, 5) is 43.4. The molecule has 3 aromatic rings. The van der Waals surface area contributed by atoms with Gasteiger partial charge in [0.1, 0.15) is 17.8 Å². The number of ether oxygens (including phenoxy) is 2. The molecule has 0 aromatic heterocycles. The van der Waals surface area contributed by atoms with E-state index in [-0.39, 0.29) is 37.5 Å². The summed E-state index contributed by atoms with van der Waals surface area (Å²) in [6, 6.07) is 21.9. The van der Waals surface area contributed by atoms with Crippen LogP contribution >= 0.6 is 0 Å². The monoisotopic (exact) mass is 560 g/mol. The average Bonchev–Trinajstić information content (AvgIpc) is 3.01. The fraction of sp³-hybridized carbons (Fsp3) is 0.344. The average molecular weight is 561 g/mol. The van der Waals surface area contributed by atoms with Crippen LogP contribution in [-0.4, -0.2) is 74.5 Å². The van der Waals surface area contributed by atoms with Crippen LogP contribution in [0.2, 0.25) is 0 Å². The number of likely N-dealkylation sites (N-methyl/N-ethyl adjacent to an activating group) is 3. The van der Waals surface area contributed by atoms with Crippen LogP contribution in [0.25, 0.3) is 0 Å². The van der Waals surface area contributed by atoms with Gasteiger partial charge in [-0.2, -0.15) is 0 Å². The molecule has 0 saturated heterocycles. The summed E-state index contributed by atoms with van der Waals surface area (Å²) in [5.41, 5.74) is 9.04. The molecule has 3 rings (SSSR count). The second-order valence-corrected chi connectivity index (χ2v) is 9.98.